The first-order valence-corrected chi connectivity index (χ1v) is 7.21. The summed E-state index contributed by atoms with van der Waals surface area (Å²) in [6, 6.07) is 1.93. The van der Waals surface area contributed by atoms with Crippen molar-refractivity contribution in [3.05, 3.63) is 20.8 Å². The second-order valence-electron chi connectivity index (χ2n) is 4.49. The van der Waals surface area contributed by atoms with Gasteiger partial charge in [-0.2, -0.15) is 0 Å². The number of rotatable bonds is 5. The fraction of sp³-hybridized carbons (Fsp3) is 0.500. The average Bonchev–Trinajstić information content (AvgIpc) is 2.62. The molecule has 0 saturated carbocycles. The third-order valence-corrected chi connectivity index (χ3v) is 4.27. The van der Waals surface area contributed by atoms with Crippen molar-refractivity contribution in [1.82, 2.24) is 4.90 Å². The molecule has 1 heterocycles. The van der Waals surface area contributed by atoms with Crippen LogP contribution >= 0.6 is 27.3 Å². The third kappa shape index (κ3) is 3.81. The van der Waals surface area contributed by atoms with Crippen LogP contribution < -0.4 is 0 Å². The van der Waals surface area contributed by atoms with Crippen LogP contribution in [0.25, 0.3) is 0 Å². The van der Waals surface area contributed by atoms with Crippen molar-refractivity contribution in [3.8, 4) is 0 Å². The molecule has 18 heavy (non-hydrogen) atoms. The van der Waals surface area contributed by atoms with Gasteiger partial charge in [-0.3, -0.25) is 9.59 Å². The highest BCUT2D eigenvalue weighted by molar-refractivity contribution is 9.10. The molecule has 1 rings (SSSR count). The maximum atomic E-state index is 12.1. The van der Waals surface area contributed by atoms with Gasteiger partial charge in [-0.1, -0.05) is 13.8 Å². The Hall–Kier alpha value is -0.880. The lowest BCUT2D eigenvalue weighted by Gasteiger charge is -2.23. The molecule has 0 bridgehead atoms. The van der Waals surface area contributed by atoms with E-state index in [4.69, 9.17) is 5.11 Å². The van der Waals surface area contributed by atoms with Gasteiger partial charge in [0.25, 0.3) is 0 Å². The van der Waals surface area contributed by atoms with E-state index in [1.807, 2.05) is 11.4 Å². The minimum Gasteiger partial charge on any atom is -0.481 e. The molecule has 1 unspecified atom stereocenters. The number of nitrogens with zero attached hydrogens (tertiary/aromatic N) is 1. The van der Waals surface area contributed by atoms with E-state index in [2.05, 4.69) is 15.9 Å². The molecular weight excluding hydrogens is 318 g/mol. The molecular formula is C12H16BrNO3S. The van der Waals surface area contributed by atoms with Crippen LogP contribution in [0.4, 0.5) is 0 Å². The maximum absolute atomic E-state index is 12.1. The minimum atomic E-state index is -1.06. The number of carbonyl (C=O) groups excluding carboxylic acids is 1. The first kappa shape index (κ1) is 15.2. The minimum absolute atomic E-state index is 0.215. The highest BCUT2D eigenvalue weighted by Gasteiger charge is 2.31. The van der Waals surface area contributed by atoms with Gasteiger partial charge in [-0.15, -0.1) is 11.3 Å². The van der Waals surface area contributed by atoms with Crippen molar-refractivity contribution in [2.45, 2.75) is 20.4 Å². The first-order valence-electron chi connectivity index (χ1n) is 5.53. The Bertz CT molecular complexity index is 444. The van der Waals surface area contributed by atoms with Crippen LogP contribution in [0.5, 0.6) is 0 Å². The number of hydrogen-bond donors (Lipinski definition) is 1. The number of aliphatic carboxylic acids is 1. The summed E-state index contributed by atoms with van der Waals surface area (Å²) in [4.78, 5) is 25.7. The zero-order valence-corrected chi connectivity index (χ0v) is 12.9. The molecule has 1 amide bonds. The van der Waals surface area contributed by atoms with Gasteiger partial charge in [0.15, 0.2) is 0 Å². The third-order valence-electron chi connectivity index (χ3n) is 2.59. The Morgan fingerprint density at radius 2 is 2.11 bits per heavy atom. The summed E-state index contributed by atoms with van der Waals surface area (Å²) < 4.78 is 0.974. The van der Waals surface area contributed by atoms with Crippen molar-refractivity contribution in [1.29, 1.82) is 0 Å². The average molecular weight is 334 g/mol. The zero-order valence-electron chi connectivity index (χ0n) is 10.5. The van der Waals surface area contributed by atoms with E-state index in [-0.39, 0.29) is 11.8 Å². The Labute approximate surface area is 119 Å². The van der Waals surface area contributed by atoms with E-state index in [0.29, 0.717) is 6.54 Å². The Morgan fingerprint density at radius 3 is 2.50 bits per heavy atom. The molecule has 4 nitrogen and oxygen atoms in total. The number of amides is 1. The number of carboxylic acids is 1. The molecule has 1 atom stereocenters. The lowest BCUT2D eigenvalue weighted by Crippen LogP contribution is -2.39. The van der Waals surface area contributed by atoms with E-state index >= 15 is 0 Å². The number of halogens is 1. The molecule has 0 aliphatic carbocycles. The topological polar surface area (TPSA) is 57.6 Å². The smallest absolute Gasteiger partial charge is 0.316 e. The van der Waals surface area contributed by atoms with Crippen molar-refractivity contribution in [3.63, 3.8) is 0 Å². The van der Waals surface area contributed by atoms with Gasteiger partial charge in [-0.05, 0) is 27.9 Å². The van der Waals surface area contributed by atoms with Crippen molar-refractivity contribution >= 4 is 39.1 Å². The van der Waals surface area contributed by atoms with Gasteiger partial charge in [-0.25, -0.2) is 0 Å². The zero-order chi connectivity index (χ0) is 13.9. The number of carboxylic acid groups (broad SMARTS) is 1. The molecule has 1 N–H and O–H groups in total. The first-order chi connectivity index (χ1) is 8.32. The molecule has 0 radical (unpaired) electrons. The fourth-order valence-corrected chi connectivity index (χ4v) is 3.17. The molecule has 0 aliphatic heterocycles. The van der Waals surface area contributed by atoms with Gasteiger partial charge in [0.2, 0.25) is 5.91 Å². The monoisotopic (exact) mass is 333 g/mol. The van der Waals surface area contributed by atoms with Crippen LogP contribution in [0.15, 0.2) is 15.9 Å². The molecule has 0 saturated heterocycles. The summed E-state index contributed by atoms with van der Waals surface area (Å²) >= 11 is 4.88. The second kappa shape index (κ2) is 6.33. The van der Waals surface area contributed by atoms with Gasteiger partial charge < -0.3 is 10.0 Å². The lowest BCUT2D eigenvalue weighted by molar-refractivity contribution is -0.152. The van der Waals surface area contributed by atoms with Crippen LogP contribution in [-0.4, -0.2) is 28.9 Å². The quantitative estimate of drug-likeness (QED) is 0.843. The standard InChI is InChI=1S/C12H16BrNO3S/c1-7(2)10(12(16)17)11(15)14(3)5-9-4-8(13)6-18-9/h4,6-7,10H,5H2,1-3H3,(H,16,17). The molecule has 0 aromatic carbocycles. The Morgan fingerprint density at radius 1 is 1.50 bits per heavy atom. The van der Waals surface area contributed by atoms with Crippen LogP contribution in [0, 0.1) is 11.8 Å². The molecule has 1 aromatic heterocycles. The molecule has 0 aliphatic rings. The van der Waals surface area contributed by atoms with E-state index in [1.54, 1.807) is 20.9 Å². The molecule has 1 aromatic rings. The highest BCUT2D eigenvalue weighted by Crippen LogP contribution is 2.22. The lowest BCUT2D eigenvalue weighted by atomic mass is 9.94. The normalized spacial score (nSPS) is 12.5. The summed E-state index contributed by atoms with van der Waals surface area (Å²) in [7, 11) is 1.63. The highest BCUT2D eigenvalue weighted by atomic mass is 79.9. The number of thiophene rings is 1. The fourth-order valence-electron chi connectivity index (χ4n) is 1.66. The second-order valence-corrected chi connectivity index (χ2v) is 6.40. The largest absolute Gasteiger partial charge is 0.481 e. The van der Waals surface area contributed by atoms with E-state index in [0.717, 1.165) is 9.35 Å². The van der Waals surface area contributed by atoms with Gasteiger partial charge in [0, 0.05) is 21.8 Å². The van der Waals surface area contributed by atoms with Crippen LogP contribution in [-0.2, 0) is 16.1 Å². The SMILES string of the molecule is CC(C)C(C(=O)O)C(=O)N(C)Cc1cc(Br)cs1. The summed E-state index contributed by atoms with van der Waals surface area (Å²) in [6.07, 6.45) is 0. The molecule has 100 valence electrons. The summed E-state index contributed by atoms with van der Waals surface area (Å²) in [6.45, 7) is 3.92. The van der Waals surface area contributed by atoms with E-state index in [1.165, 1.54) is 16.2 Å². The van der Waals surface area contributed by atoms with Crippen LogP contribution in [0.2, 0.25) is 0 Å². The van der Waals surface area contributed by atoms with Crippen molar-refractivity contribution in [2.24, 2.45) is 11.8 Å². The predicted octanol–water partition coefficient (Wildman–Crippen LogP) is 2.83. The van der Waals surface area contributed by atoms with Gasteiger partial charge >= 0.3 is 5.97 Å². The van der Waals surface area contributed by atoms with Crippen molar-refractivity contribution in [2.75, 3.05) is 7.05 Å². The predicted molar refractivity (Wildman–Crippen MR) is 74.5 cm³/mol. The van der Waals surface area contributed by atoms with E-state index < -0.39 is 11.9 Å². The Balaban J connectivity index is 2.73. The maximum Gasteiger partial charge on any atom is 0.316 e. The van der Waals surface area contributed by atoms with E-state index in [9.17, 15) is 9.59 Å². The molecule has 0 spiro atoms. The van der Waals surface area contributed by atoms with Crippen molar-refractivity contribution < 1.29 is 14.7 Å². The number of hydrogen-bond acceptors (Lipinski definition) is 3. The summed E-state index contributed by atoms with van der Waals surface area (Å²) in [5, 5.41) is 11.0. The molecule has 0 fully saturated rings. The summed E-state index contributed by atoms with van der Waals surface area (Å²) in [5.41, 5.74) is 0. The van der Waals surface area contributed by atoms with Crippen LogP contribution in [0.1, 0.15) is 18.7 Å². The van der Waals surface area contributed by atoms with Gasteiger partial charge in [0.05, 0.1) is 6.54 Å². The summed E-state index contributed by atoms with van der Waals surface area (Å²) in [5.74, 6) is -2.60. The van der Waals surface area contributed by atoms with Gasteiger partial charge in [0.1, 0.15) is 5.92 Å². The molecule has 6 heteroatoms. The number of carbonyl (C=O) groups is 2. The Kier molecular flexibility index (Phi) is 5.34. The van der Waals surface area contributed by atoms with Crippen LogP contribution in [0.3, 0.4) is 0 Å².